The van der Waals surface area contributed by atoms with E-state index in [1.54, 1.807) is 18.3 Å². The molecular weight excluding hydrogens is 251 g/mol. The molecule has 0 fully saturated rings. The van der Waals surface area contributed by atoms with Gasteiger partial charge in [-0.05, 0) is 42.7 Å². The first-order valence-electron chi connectivity index (χ1n) is 5.69. The average molecular weight is 265 g/mol. The second-order valence-corrected chi connectivity index (χ2v) is 4.66. The molecule has 0 amide bonds. The number of aromatic nitrogens is 1. The summed E-state index contributed by atoms with van der Waals surface area (Å²) in [6.45, 7) is 1.90. The molecule has 94 valence electrons. The quantitative estimate of drug-likeness (QED) is 0.923. The fourth-order valence-electron chi connectivity index (χ4n) is 1.86. The van der Waals surface area contributed by atoms with Crippen LogP contribution >= 0.6 is 11.6 Å². The Bertz CT molecular complexity index is 557. The molecule has 2 rings (SSSR count). The van der Waals surface area contributed by atoms with Gasteiger partial charge in [-0.25, -0.2) is 4.39 Å². The van der Waals surface area contributed by atoms with Crippen molar-refractivity contribution in [1.82, 2.24) is 4.98 Å². The van der Waals surface area contributed by atoms with Gasteiger partial charge >= 0.3 is 0 Å². The van der Waals surface area contributed by atoms with E-state index in [2.05, 4.69) is 4.98 Å². The molecule has 0 saturated heterocycles. The van der Waals surface area contributed by atoms with Gasteiger partial charge in [0.05, 0.1) is 5.02 Å². The third kappa shape index (κ3) is 2.86. The van der Waals surface area contributed by atoms with Crippen molar-refractivity contribution in [2.75, 3.05) is 0 Å². The topological polar surface area (TPSA) is 38.9 Å². The highest BCUT2D eigenvalue weighted by atomic mass is 35.5. The molecule has 1 aromatic heterocycles. The van der Waals surface area contributed by atoms with Gasteiger partial charge in [-0.2, -0.15) is 0 Å². The zero-order valence-corrected chi connectivity index (χ0v) is 10.8. The van der Waals surface area contributed by atoms with E-state index in [1.807, 2.05) is 19.1 Å². The molecule has 0 bridgehead atoms. The van der Waals surface area contributed by atoms with E-state index in [0.29, 0.717) is 12.0 Å². The smallest absolute Gasteiger partial charge is 0.145 e. The van der Waals surface area contributed by atoms with Crippen LogP contribution in [0.4, 0.5) is 4.39 Å². The lowest BCUT2D eigenvalue weighted by atomic mass is 9.99. The first-order valence-corrected chi connectivity index (χ1v) is 6.06. The molecule has 4 heteroatoms. The largest absolute Gasteiger partial charge is 0.324 e. The summed E-state index contributed by atoms with van der Waals surface area (Å²) >= 11 is 5.74. The van der Waals surface area contributed by atoms with Crippen molar-refractivity contribution < 1.29 is 4.39 Å². The van der Waals surface area contributed by atoms with Gasteiger partial charge < -0.3 is 5.73 Å². The molecule has 2 aromatic rings. The van der Waals surface area contributed by atoms with Gasteiger partial charge in [-0.3, -0.25) is 4.98 Å². The van der Waals surface area contributed by atoms with Crippen molar-refractivity contribution in [3.8, 4) is 0 Å². The van der Waals surface area contributed by atoms with Crippen molar-refractivity contribution in [2.45, 2.75) is 19.4 Å². The fourth-order valence-corrected chi connectivity index (χ4v) is 2.05. The fraction of sp³-hybridized carbons (Fsp3) is 0.214. The molecule has 0 radical (unpaired) electrons. The molecule has 0 aliphatic carbocycles. The second kappa shape index (κ2) is 5.46. The summed E-state index contributed by atoms with van der Waals surface area (Å²) in [7, 11) is 0. The van der Waals surface area contributed by atoms with E-state index in [-0.39, 0.29) is 16.9 Å². The number of aryl methyl sites for hydroxylation is 1. The maximum Gasteiger partial charge on any atom is 0.145 e. The summed E-state index contributed by atoms with van der Waals surface area (Å²) in [6.07, 6.45) is 2.12. The number of hydrogen-bond donors (Lipinski definition) is 1. The Kier molecular flexibility index (Phi) is 3.94. The summed E-state index contributed by atoms with van der Waals surface area (Å²) in [5.74, 6) is -0.389. The zero-order valence-electron chi connectivity index (χ0n) is 10.0. The standard InChI is InChI=1S/C14H14ClFN2/c1-9-7-10(5-6-18-9)13(17)8-11-3-2-4-12(15)14(11)16/h2-7,13H,8,17H2,1H3. The van der Waals surface area contributed by atoms with Crippen molar-refractivity contribution in [1.29, 1.82) is 0 Å². The molecular formula is C14H14ClFN2. The lowest BCUT2D eigenvalue weighted by Gasteiger charge is -2.13. The van der Waals surface area contributed by atoms with Crippen LogP contribution in [0.3, 0.4) is 0 Å². The lowest BCUT2D eigenvalue weighted by Crippen LogP contribution is -2.14. The molecule has 18 heavy (non-hydrogen) atoms. The average Bonchev–Trinajstić information content (AvgIpc) is 2.35. The summed E-state index contributed by atoms with van der Waals surface area (Å²) < 4.78 is 13.8. The van der Waals surface area contributed by atoms with E-state index < -0.39 is 0 Å². The predicted molar refractivity (Wildman–Crippen MR) is 71.0 cm³/mol. The van der Waals surface area contributed by atoms with Gasteiger partial charge in [0, 0.05) is 17.9 Å². The number of hydrogen-bond acceptors (Lipinski definition) is 2. The molecule has 1 atom stereocenters. The van der Waals surface area contributed by atoms with E-state index >= 15 is 0 Å². The summed E-state index contributed by atoms with van der Waals surface area (Å²) in [6, 6.07) is 8.45. The summed E-state index contributed by atoms with van der Waals surface area (Å²) in [5, 5.41) is 0.130. The van der Waals surface area contributed by atoms with Crippen LogP contribution in [0.15, 0.2) is 36.5 Å². The molecule has 1 heterocycles. The van der Waals surface area contributed by atoms with Crippen molar-refractivity contribution in [3.05, 3.63) is 64.2 Å². The van der Waals surface area contributed by atoms with Crippen LogP contribution in [0, 0.1) is 12.7 Å². The number of rotatable bonds is 3. The maximum absolute atomic E-state index is 13.8. The molecule has 0 spiro atoms. The Balaban J connectivity index is 2.21. The number of halogens is 2. The minimum Gasteiger partial charge on any atom is -0.324 e. The van der Waals surface area contributed by atoms with Crippen LogP contribution in [-0.2, 0) is 6.42 Å². The van der Waals surface area contributed by atoms with Gasteiger partial charge in [0.1, 0.15) is 5.82 Å². The monoisotopic (exact) mass is 264 g/mol. The number of pyridine rings is 1. The minimum absolute atomic E-state index is 0.130. The van der Waals surface area contributed by atoms with Gasteiger partial charge in [-0.1, -0.05) is 23.7 Å². The Morgan fingerprint density at radius 1 is 1.39 bits per heavy atom. The predicted octanol–water partition coefficient (Wildman–Crippen LogP) is 3.43. The zero-order chi connectivity index (χ0) is 13.1. The van der Waals surface area contributed by atoms with Crippen LogP contribution < -0.4 is 5.73 Å². The minimum atomic E-state index is -0.389. The van der Waals surface area contributed by atoms with Gasteiger partial charge in [0.25, 0.3) is 0 Å². The highest BCUT2D eigenvalue weighted by molar-refractivity contribution is 6.30. The molecule has 2 N–H and O–H groups in total. The molecule has 0 aliphatic rings. The van der Waals surface area contributed by atoms with Crippen LogP contribution in [0.25, 0.3) is 0 Å². The van der Waals surface area contributed by atoms with Crippen molar-refractivity contribution >= 4 is 11.6 Å². The SMILES string of the molecule is Cc1cc(C(N)Cc2cccc(Cl)c2F)ccn1. The van der Waals surface area contributed by atoms with Crippen molar-refractivity contribution in [2.24, 2.45) is 5.73 Å². The molecule has 1 unspecified atom stereocenters. The van der Waals surface area contributed by atoms with E-state index in [0.717, 1.165) is 11.3 Å². The molecule has 1 aromatic carbocycles. The van der Waals surface area contributed by atoms with Crippen LogP contribution in [0.5, 0.6) is 0 Å². The Morgan fingerprint density at radius 3 is 2.89 bits per heavy atom. The van der Waals surface area contributed by atoms with E-state index in [9.17, 15) is 4.39 Å². The van der Waals surface area contributed by atoms with Crippen molar-refractivity contribution in [3.63, 3.8) is 0 Å². The Hall–Kier alpha value is -1.45. The number of nitrogens with two attached hydrogens (primary N) is 1. The van der Waals surface area contributed by atoms with E-state index in [4.69, 9.17) is 17.3 Å². The Morgan fingerprint density at radius 2 is 2.17 bits per heavy atom. The molecule has 0 saturated carbocycles. The van der Waals surface area contributed by atoms with Gasteiger partial charge in [-0.15, -0.1) is 0 Å². The van der Waals surface area contributed by atoms with Gasteiger partial charge in [0.15, 0.2) is 0 Å². The highest BCUT2D eigenvalue weighted by Crippen LogP contribution is 2.22. The summed E-state index contributed by atoms with van der Waals surface area (Å²) in [4.78, 5) is 4.11. The van der Waals surface area contributed by atoms with Crippen LogP contribution in [0.1, 0.15) is 22.9 Å². The second-order valence-electron chi connectivity index (χ2n) is 4.25. The first-order chi connectivity index (χ1) is 8.58. The maximum atomic E-state index is 13.8. The van der Waals surface area contributed by atoms with Gasteiger partial charge in [0.2, 0.25) is 0 Å². The third-order valence-corrected chi connectivity index (χ3v) is 3.11. The molecule has 0 aliphatic heterocycles. The number of benzene rings is 1. The molecule has 2 nitrogen and oxygen atoms in total. The van der Waals surface area contributed by atoms with Crippen LogP contribution in [-0.4, -0.2) is 4.98 Å². The number of nitrogens with zero attached hydrogens (tertiary/aromatic N) is 1. The third-order valence-electron chi connectivity index (χ3n) is 2.82. The lowest BCUT2D eigenvalue weighted by molar-refractivity contribution is 0.593. The normalized spacial score (nSPS) is 12.4. The summed E-state index contributed by atoms with van der Waals surface area (Å²) in [5.41, 5.74) is 8.45. The Labute approximate surface area is 111 Å². The first kappa shape index (κ1) is 13.0. The highest BCUT2D eigenvalue weighted by Gasteiger charge is 2.12. The van der Waals surface area contributed by atoms with E-state index in [1.165, 1.54) is 6.07 Å². The van der Waals surface area contributed by atoms with Crippen LogP contribution in [0.2, 0.25) is 5.02 Å².